The third kappa shape index (κ3) is 5.08. The quantitative estimate of drug-likeness (QED) is 0.166. The van der Waals surface area contributed by atoms with E-state index in [4.69, 9.17) is 0 Å². The van der Waals surface area contributed by atoms with Crippen molar-refractivity contribution < 1.29 is 0 Å². The average Bonchev–Trinajstić information content (AvgIpc) is 4.01. The van der Waals surface area contributed by atoms with Gasteiger partial charge in [0.15, 0.2) is 0 Å². The van der Waals surface area contributed by atoms with Crippen molar-refractivity contribution in [2.45, 2.75) is 13.8 Å². The predicted octanol–water partition coefficient (Wildman–Crippen LogP) is 14.9. The van der Waals surface area contributed by atoms with Gasteiger partial charge in [0.05, 0.1) is 22.1 Å². The fourth-order valence-corrected chi connectivity index (χ4v) is 9.77. The van der Waals surface area contributed by atoms with E-state index in [2.05, 4.69) is 228 Å². The van der Waals surface area contributed by atoms with Crippen molar-refractivity contribution >= 4 is 65.2 Å². The molecule has 59 heavy (non-hydrogen) atoms. The summed E-state index contributed by atoms with van der Waals surface area (Å²) < 4.78 is 7.15. The van der Waals surface area contributed by atoms with Crippen LogP contribution in [0.25, 0.3) is 104 Å². The zero-order valence-electron chi connectivity index (χ0n) is 32.9. The summed E-state index contributed by atoms with van der Waals surface area (Å²) in [5.74, 6) is 0. The summed E-state index contributed by atoms with van der Waals surface area (Å²) >= 11 is 0. The summed E-state index contributed by atoms with van der Waals surface area (Å²) in [5, 5.41) is 10.1. The van der Waals surface area contributed by atoms with Crippen LogP contribution in [0.3, 0.4) is 0 Å². The van der Waals surface area contributed by atoms with Crippen molar-refractivity contribution in [2.75, 3.05) is 0 Å². The summed E-state index contributed by atoms with van der Waals surface area (Å²) in [6.07, 6.45) is 4.44. The molecule has 0 atom stereocenters. The Morgan fingerprint density at radius 2 is 0.814 bits per heavy atom. The van der Waals surface area contributed by atoms with Gasteiger partial charge in [-0.1, -0.05) is 127 Å². The lowest BCUT2D eigenvalue weighted by Crippen LogP contribution is -1.97. The van der Waals surface area contributed by atoms with E-state index in [1.807, 2.05) is 0 Å². The molecule has 0 aliphatic rings. The van der Waals surface area contributed by atoms with Crippen molar-refractivity contribution in [3.8, 4) is 39.3 Å². The molecule has 0 fully saturated rings. The number of fused-ring (bicyclic) bond motifs is 9. The molecule has 278 valence electrons. The first-order valence-electron chi connectivity index (χ1n) is 20.4. The molecule has 3 heterocycles. The Kier molecular flexibility index (Phi) is 7.36. The molecule has 0 saturated carbocycles. The van der Waals surface area contributed by atoms with Crippen LogP contribution in [0.15, 0.2) is 200 Å². The molecule has 3 nitrogen and oxygen atoms in total. The fourth-order valence-electron chi connectivity index (χ4n) is 9.77. The van der Waals surface area contributed by atoms with Crippen molar-refractivity contribution in [3.63, 3.8) is 0 Å². The number of nitrogens with zero attached hydrogens (tertiary/aromatic N) is 3. The third-order valence-corrected chi connectivity index (χ3v) is 12.6. The summed E-state index contributed by atoms with van der Waals surface area (Å²) in [5.41, 5.74) is 15.9. The Morgan fingerprint density at radius 3 is 1.49 bits per heavy atom. The molecule has 3 aromatic heterocycles. The molecule has 0 spiro atoms. The van der Waals surface area contributed by atoms with Gasteiger partial charge in [0.2, 0.25) is 0 Å². The van der Waals surface area contributed by atoms with Gasteiger partial charge in [-0.05, 0) is 124 Å². The molecule has 12 aromatic rings. The van der Waals surface area contributed by atoms with Gasteiger partial charge >= 0.3 is 0 Å². The molecule has 0 aliphatic carbocycles. The van der Waals surface area contributed by atoms with Gasteiger partial charge < -0.3 is 13.7 Å². The Hall–Kier alpha value is -7.62. The molecule has 3 heteroatoms. The number of aryl methyl sites for hydroxylation is 2. The minimum atomic E-state index is 1.14. The summed E-state index contributed by atoms with van der Waals surface area (Å²) in [6.45, 7) is 4.48. The van der Waals surface area contributed by atoms with E-state index in [9.17, 15) is 0 Å². The highest BCUT2D eigenvalue weighted by Crippen LogP contribution is 2.43. The second-order valence-electron chi connectivity index (χ2n) is 15.9. The number of benzene rings is 9. The maximum atomic E-state index is 2.42. The molecule has 0 unspecified atom stereocenters. The maximum absolute atomic E-state index is 2.42. The Morgan fingerprint density at radius 1 is 0.322 bits per heavy atom. The van der Waals surface area contributed by atoms with Crippen LogP contribution in [0.2, 0.25) is 0 Å². The van der Waals surface area contributed by atoms with Crippen molar-refractivity contribution in [1.29, 1.82) is 0 Å². The lowest BCUT2D eigenvalue weighted by molar-refractivity contribution is 1.13. The molecule has 0 radical (unpaired) electrons. The number of rotatable bonds is 5. The van der Waals surface area contributed by atoms with Crippen LogP contribution in [0.1, 0.15) is 11.1 Å². The minimum absolute atomic E-state index is 1.14. The molecule has 0 saturated heterocycles. The summed E-state index contributed by atoms with van der Waals surface area (Å²) in [6, 6.07) is 68.9. The molecule has 0 bridgehead atoms. The highest BCUT2D eigenvalue weighted by Gasteiger charge is 2.20. The first-order chi connectivity index (χ1) is 29.1. The highest BCUT2D eigenvalue weighted by atomic mass is 15.0. The first kappa shape index (κ1) is 33.5. The molecular weight excluding hydrogens is 715 g/mol. The van der Waals surface area contributed by atoms with Crippen LogP contribution < -0.4 is 0 Å². The third-order valence-electron chi connectivity index (χ3n) is 12.6. The van der Waals surface area contributed by atoms with E-state index in [0.717, 1.165) is 17.1 Å². The van der Waals surface area contributed by atoms with Crippen LogP contribution in [-0.4, -0.2) is 13.7 Å². The van der Waals surface area contributed by atoms with E-state index in [-0.39, 0.29) is 0 Å². The van der Waals surface area contributed by atoms with Crippen LogP contribution in [0, 0.1) is 13.8 Å². The molecule has 9 aromatic carbocycles. The number of para-hydroxylation sites is 1. The number of hydrogen-bond acceptors (Lipinski definition) is 0. The van der Waals surface area contributed by atoms with Crippen molar-refractivity contribution in [3.05, 3.63) is 212 Å². The monoisotopic (exact) mass is 753 g/mol. The van der Waals surface area contributed by atoms with Crippen LogP contribution >= 0.6 is 0 Å². The minimum Gasteiger partial charge on any atom is -0.316 e. The van der Waals surface area contributed by atoms with Crippen molar-refractivity contribution in [2.24, 2.45) is 0 Å². The summed E-state index contributed by atoms with van der Waals surface area (Å²) in [7, 11) is 0. The van der Waals surface area contributed by atoms with Crippen LogP contribution in [0.5, 0.6) is 0 Å². The molecule has 0 aliphatic heterocycles. The first-order valence-corrected chi connectivity index (χ1v) is 20.4. The Bertz CT molecular complexity index is 3600. The molecular formula is C56H39N3. The van der Waals surface area contributed by atoms with Gasteiger partial charge in [0.1, 0.15) is 0 Å². The van der Waals surface area contributed by atoms with E-state index in [0.29, 0.717) is 0 Å². The maximum Gasteiger partial charge on any atom is 0.0628 e. The second-order valence-corrected chi connectivity index (χ2v) is 15.9. The normalized spacial score (nSPS) is 11.9. The topological polar surface area (TPSA) is 14.8 Å². The van der Waals surface area contributed by atoms with Gasteiger partial charge in [-0.3, -0.25) is 0 Å². The smallest absolute Gasteiger partial charge is 0.0628 e. The average molecular weight is 754 g/mol. The zero-order valence-corrected chi connectivity index (χ0v) is 32.9. The van der Waals surface area contributed by atoms with Crippen LogP contribution in [-0.2, 0) is 0 Å². The van der Waals surface area contributed by atoms with Gasteiger partial charge in [-0.15, -0.1) is 0 Å². The molecule has 12 rings (SSSR count). The predicted molar refractivity (Wildman–Crippen MR) is 250 cm³/mol. The lowest BCUT2D eigenvalue weighted by Gasteiger charge is -2.17. The number of aromatic nitrogens is 3. The van der Waals surface area contributed by atoms with Crippen molar-refractivity contribution in [1.82, 2.24) is 13.7 Å². The largest absolute Gasteiger partial charge is 0.316 e. The lowest BCUT2D eigenvalue weighted by atomic mass is 9.90. The van der Waals surface area contributed by atoms with Gasteiger partial charge in [0, 0.05) is 56.6 Å². The fraction of sp³-hybridized carbons (Fsp3) is 0.0357. The van der Waals surface area contributed by atoms with Gasteiger partial charge in [-0.25, -0.2) is 0 Å². The highest BCUT2D eigenvalue weighted by molar-refractivity contribution is 6.28. The van der Waals surface area contributed by atoms with Gasteiger partial charge in [0.25, 0.3) is 0 Å². The summed E-state index contributed by atoms with van der Waals surface area (Å²) in [4.78, 5) is 0. The van der Waals surface area contributed by atoms with E-state index >= 15 is 0 Å². The standard InChI is InChI=1S/C56H39N3/c1-36-16-18-40-10-6-8-14-47(40)51(36)52-37(2)17-19-42-32-34-57(55(42)52)44-26-20-38(21-27-44)39-22-28-45(29-23-39)58-35-33-43-25-31-50-54(56(43)58)53-48-15-9-7-11-41(48)24-30-49(53)59(50)46-12-4-3-5-13-46/h3-35H,1-2H3. The number of hydrogen-bond donors (Lipinski definition) is 0. The second kappa shape index (κ2) is 13.0. The molecule has 0 N–H and O–H groups in total. The van der Waals surface area contributed by atoms with E-state index in [1.165, 1.54) is 98.5 Å². The Balaban J connectivity index is 0.954. The Labute approximate surface area is 342 Å². The molecule has 0 amide bonds. The SMILES string of the molecule is Cc1ccc2ccccc2c1-c1c(C)ccc2ccn(-c3ccc(-c4ccc(-n5ccc6ccc7c(c8c9ccccc9ccc8n7-c7ccccc7)c65)cc4)cc3)c12. The zero-order chi connectivity index (χ0) is 39.2. The van der Waals surface area contributed by atoms with Gasteiger partial charge in [-0.2, -0.15) is 0 Å². The van der Waals surface area contributed by atoms with E-state index < -0.39 is 0 Å². The van der Waals surface area contributed by atoms with Crippen LogP contribution in [0.4, 0.5) is 0 Å². The van der Waals surface area contributed by atoms with E-state index in [1.54, 1.807) is 0 Å².